The summed E-state index contributed by atoms with van der Waals surface area (Å²) < 4.78 is 35.2. The van der Waals surface area contributed by atoms with Crippen LogP contribution in [0, 0.1) is 0 Å². The summed E-state index contributed by atoms with van der Waals surface area (Å²) >= 11 is 0. The maximum atomic E-state index is 11.7. The number of unbranched alkanes of at least 4 members (excludes halogenated alkanes) is 1. The molecule has 0 aliphatic heterocycles. The average molecular weight is 224 g/mol. The first kappa shape index (κ1) is 13.8. The molecule has 0 rings (SSSR count). The Kier molecular flexibility index (Phi) is 5.81. The van der Waals surface area contributed by atoms with E-state index in [0.717, 1.165) is 6.42 Å². The molecule has 3 nitrogen and oxygen atoms in total. The number of halogens is 3. The predicted octanol–water partition coefficient (Wildman–Crippen LogP) is 2.16. The number of urea groups is 1. The van der Waals surface area contributed by atoms with Gasteiger partial charge in [0, 0.05) is 13.6 Å². The number of amides is 2. The summed E-state index contributed by atoms with van der Waals surface area (Å²) in [5.74, 6) is 0. The van der Waals surface area contributed by atoms with Crippen LogP contribution in [0.5, 0.6) is 0 Å². The van der Waals surface area contributed by atoms with Crippen molar-refractivity contribution in [2.75, 3.05) is 20.1 Å². The third kappa shape index (κ3) is 7.84. The molecule has 1 N–H and O–H groups in total. The van der Waals surface area contributed by atoms with Crippen LogP contribution < -0.4 is 5.32 Å². The number of alkyl halides is 3. The van der Waals surface area contributed by atoms with Crippen molar-refractivity contribution >= 4 is 6.03 Å². The van der Waals surface area contributed by atoms with Gasteiger partial charge in [-0.3, -0.25) is 0 Å². The molecule has 6 heteroatoms. The van der Waals surface area contributed by atoms with Gasteiger partial charge in [0.25, 0.3) is 0 Å². The zero-order valence-electron chi connectivity index (χ0n) is 8.60. The Balaban J connectivity index is 3.74. The molecule has 0 aromatic rings. The van der Waals surface area contributed by atoms with Crippen molar-refractivity contribution < 1.29 is 18.0 Å². The number of carbonyl (C=O) groups excluding carboxylic acids is 1. The summed E-state index contributed by atoms with van der Waals surface area (Å²) in [5.41, 5.74) is 0. The lowest BCUT2D eigenvalue weighted by atomic mass is 10.3. The molecule has 0 unspecified atom stereocenters. The van der Waals surface area contributed by atoms with Crippen molar-refractivity contribution in [3.8, 4) is 0 Å². The third-order valence-electron chi connectivity index (χ3n) is 1.69. The van der Waals surface area contributed by atoms with E-state index in [1.54, 1.807) is 11.4 Å². The molecule has 0 aliphatic rings. The second kappa shape index (κ2) is 6.31. The number of carbonyl (C=O) groups is 1. The first-order chi connectivity index (χ1) is 6.87. The molecular formula is C9H15F3N2O. The molecule has 0 radical (unpaired) electrons. The highest BCUT2D eigenvalue weighted by molar-refractivity contribution is 5.73. The molecular weight excluding hydrogens is 209 g/mol. The van der Waals surface area contributed by atoms with Gasteiger partial charge in [-0.05, 0) is 12.8 Å². The van der Waals surface area contributed by atoms with Crippen LogP contribution in [0.2, 0.25) is 0 Å². The van der Waals surface area contributed by atoms with Crippen LogP contribution in [-0.4, -0.2) is 37.2 Å². The van der Waals surface area contributed by atoms with Gasteiger partial charge < -0.3 is 10.2 Å². The number of nitrogens with zero attached hydrogens (tertiary/aromatic N) is 1. The number of hydrogen-bond acceptors (Lipinski definition) is 1. The van der Waals surface area contributed by atoms with Crippen molar-refractivity contribution in [3.63, 3.8) is 0 Å². The zero-order chi connectivity index (χ0) is 11.9. The molecule has 0 saturated carbocycles. The van der Waals surface area contributed by atoms with E-state index >= 15 is 0 Å². The highest BCUT2D eigenvalue weighted by Crippen LogP contribution is 2.12. The van der Waals surface area contributed by atoms with Crippen molar-refractivity contribution in [2.24, 2.45) is 0 Å². The van der Waals surface area contributed by atoms with Crippen molar-refractivity contribution in [1.82, 2.24) is 10.2 Å². The lowest BCUT2D eigenvalue weighted by molar-refractivity contribution is -0.123. The zero-order valence-corrected chi connectivity index (χ0v) is 8.60. The molecule has 0 heterocycles. The lowest BCUT2D eigenvalue weighted by Crippen LogP contribution is -2.42. The van der Waals surface area contributed by atoms with Crippen LogP contribution in [0.25, 0.3) is 0 Å². The Morgan fingerprint density at radius 1 is 1.53 bits per heavy atom. The largest absolute Gasteiger partial charge is 0.405 e. The van der Waals surface area contributed by atoms with Crippen LogP contribution >= 0.6 is 0 Å². The van der Waals surface area contributed by atoms with Crippen LogP contribution in [0.1, 0.15) is 12.8 Å². The standard InChI is InChI=1S/C9H15F3N2O/c1-3-4-5-6-14(2)8(15)13-7-9(10,11)12/h3H,1,4-7H2,2H3,(H,13,15). The first-order valence-corrected chi connectivity index (χ1v) is 4.53. The smallest absolute Gasteiger partial charge is 0.329 e. The Bertz CT molecular complexity index is 216. The predicted molar refractivity (Wildman–Crippen MR) is 51.5 cm³/mol. The lowest BCUT2D eigenvalue weighted by Gasteiger charge is -2.18. The summed E-state index contributed by atoms with van der Waals surface area (Å²) in [6.07, 6.45) is -1.24. The quantitative estimate of drug-likeness (QED) is 0.563. The highest BCUT2D eigenvalue weighted by atomic mass is 19.4. The molecule has 0 fully saturated rings. The molecule has 0 atom stereocenters. The van der Waals surface area contributed by atoms with Crippen LogP contribution in [-0.2, 0) is 0 Å². The summed E-state index contributed by atoms with van der Waals surface area (Å²) in [7, 11) is 1.45. The Labute approximate surface area is 86.9 Å². The monoisotopic (exact) mass is 224 g/mol. The SMILES string of the molecule is C=CCCCN(C)C(=O)NCC(F)(F)F. The molecule has 0 aromatic heterocycles. The Morgan fingerprint density at radius 3 is 2.60 bits per heavy atom. The summed E-state index contributed by atoms with van der Waals surface area (Å²) in [4.78, 5) is 12.3. The summed E-state index contributed by atoms with van der Waals surface area (Å²) in [5, 5.41) is 1.79. The second-order valence-corrected chi connectivity index (χ2v) is 3.13. The molecule has 2 amide bonds. The molecule has 15 heavy (non-hydrogen) atoms. The minimum Gasteiger partial charge on any atom is -0.329 e. The van der Waals surface area contributed by atoms with E-state index in [4.69, 9.17) is 0 Å². The minimum atomic E-state index is -4.36. The number of rotatable bonds is 5. The van der Waals surface area contributed by atoms with E-state index in [2.05, 4.69) is 6.58 Å². The molecule has 0 aromatic carbocycles. The van der Waals surface area contributed by atoms with E-state index in [1.165, 1.54) is 11.9 Å². The van der Waals surface area contributed by atoms with Gasteiger partial charge >= 0.3 is 12.2 Å². The Morgan fingerprint density at radius 2 is 2.13 bits per heavy atom. The fraction of sp³-hybridized carbons (Fsp3) is 0.667. The maximum absolute atomic E-state index is 11.7. The van der Waals surface area contributed by atoms with Gasteiger partial charge in [0.2, 0.25) is 0 Å². The van der Waals surface area contributed by atoms with Crippen LogP contribution in [0.4, 0.5) is 18.0 Å². The summed E-state index contributed by atoms with van der Waals surface area (Å²) in [6, 6.07) is -0.712. The minimum absolute atomic E-state index is 0.412. The van der Waals surface area contributed by atoms with Crippen molar-refractivity contribution in [2.45, 2.75) is 19.0 Å². The van der Waals surface area contributed by atoms with E-state index in [-0.39, 0.29) is 0 Å². The normalized spacial score (nSPS) is 10.9. The highest BCUT2D eigenvalue weighted by Gasteiger charge is 2.28. The second-order valence-electron chi connectivity index (χ2n) is 3.13. The van der Waals surface area contributed by atoms with Gasteiger partial charge in [0.1, 0.15) is 6.54 Å². The van der Waals surface area contributed by atoms with E-state index < -0.39 is 18.8 Å². The van der Waals surface area contributed by atoms with Crippen molar-refractivity contribution in [1.29, 1.82) is 0 Å². The van der Waals surface area contributed by atoms with Gasteiger partial charge in [-0.1, -0.05) is 6.08 Å². The van der Waals surface area contributed by atoms with E-state index in [9.17, 15) is 18.0 Å². The summed E-state index contributed by atoms with van der Waals surface area (Å²) in [6.45, 7) is 2.62. The van der Waals surface area contributed by atoms with Gasteiger partial charge in [-0.2, -0.15) is 13.2 Å². The maximum Gasteiger partial charge on any atom is 0.405 e. The topological polar surface area (TPSA) is 32.3 Å². The molecule has 88 valence electrons. The number of allylic oxidation sites excluding steroid dienone is 1. The van der Waals surface area contributed by atoms with Crippen LogP contribution in [0.3, 0.4) is 0 Å². The van der Waals surface area contributed by atoms with E-state index in [0.29, 0.717) is 13.0 Å². The fourth-order valence-electron chi connectivity index (χ4n) is 0.885. The van der Waals surface area contributed by atoms with Crippen LogP contribution in [0.15, 0.2) is 12.7 Å². The number of nitrogens with one attached hydrogen (secondary N) is 1. The molecule has 0 saturated heterocycles. The first-order valence-electron chi connectivity index (χ1n) is 4.53. The van der Waals surface area contributed by atoms with Crippen molar-refractivity contribution in [3.05, 3.63) is 12.7 Å². The fourth-order valence-corrected chi connectivity index (χ4v) is 0.885. The molecule has 0 spiro atoms. The van der Waals surface area contributed by atoms with Gasteiger partial charge in [-0.25, -0.2) is 4.79 Å². The van der Waals surface area contributed by atoms with E-state index in [1.807, 2.05) is 0 Å². The molecule has 0 aliphatic carbocycles. The third-order valence-corrected chi connectivity index (χ3v) is 1.69. The van der Waals surface area contributed by atoms with Gasteiger partial charge in [0.15, 0.2) is 0 Å². The number of hydrogen-bond donors (Lipinski definition) is 1. The molecule has 0 bridgehead atoms. The van der Waals surface area contributed by atoms with Gasteiger partial charge in [0.05, 0.1) is 0 Å². The van der Waals surface area contributed by atoms with Gasteiger partial charge in [-0.15, -0.1) is 6.58 Å². The average Bonchev–Trinajstić information content (AvgIpc) is 2.13. The Hall–Kier alpha value is -1.20.